The summed E-state index contributed by atoms with van der Waals surface area (Å²) >= 11 is 7.01. The molecular formula is C11H16ClNO3S2. The van der Waals surface area contributed by atoms with Crippen LogP contribution in [0.15, 0.2) is 10.3 Å². The molecule has 7 heteroatoms. The van der Waals surface area contributed by atoms with E-state index in [4.69, 9.17) is 16.3 Å². The summed E-state index contributed by atoms with van der Waals surface area (Å²) in [6.45, 7) is 4.88. The van der Waals surface area contributed by atoms with Gasteiger partial charge in [0.2, 0.25) is 0 Å². The molecule has 0 saturated carbocycles. The SMILES string of the molecule is Cc1cc(S(=O)(=O)NC2(C)CCOCC2)sc1Cl. The average molecular weight is 310 g/mol. The number of nitrogens with one attached hydrogen (secondary N) is 1. The van der Waals surface area contributed by atoms with E-state index in [0.717, 1.165) is 16.9 Å². The molecule has 1 N–H and O–H groups in total. The highest BCUT2D eigenvalue weighted by Gasteiger charge is 2.33. The van der Waals surface area contributed by atoms with Gasteiger partial charge in [-0.1, -0.05) is 11.6 Å². The molecule has 2 heterocycles. The molecule has 0 radical (unpaired) electrons. The molecule has 0 aromatic carbocycles. The molecule has 1 fully saturated rings. The maximum Gasteiger partial charge on any atom is 0.250 e. The molecular weight excluding hydrogens is 294 g/mol. The van der Waals surface area contributed by atoms with Crippen LogP contribution in [0.3, 0.4) is 0 Å². The van der Waals surface area contributed by atoms with E-state index in [1.165, 1.54) is 0 Å². The lowest BCUT2D eigenvalue weighted by Crippen LogP contribution is -2.49. The van der Waals surface area contributed by atoms with Crippen LogP contribution in [0.25, 0.3) is 0 Å². The number of aryl methyl sites for hydroxylation is 1. The fourth-order valence-electron chi connectivity index (χ4n) is 1.86. The zero-order valence-corrected chi connectivity index (χ0v) is 12.7. The maximum atomic E-state index is 12.3. The molecule has 18 heavy (non-hydrogen) atoms. The first-order chi connectivity index (χ1) is 8.32. The second-order valence-electron chi connectivity index (χ2n) is 4.80. The molecule has 0 aliphatic carbocycles. The van der Waals surface area contributed by atoms with Crippen LogP contribution in [0.1, 0.15) is 25.3 Å². The highest BCUT2D eigenvalue weighted by atomic mass is 35.5. The molecule has 0 bridgehead atoms. The Kier molecular flexibility index (Phi) is 4.04. The summed E-state index contributed by atoms with van der Waals surface area (Å²) < 4.78 is 33.4. The van der Waals surface area contributed by atoms with Gasteiger partial charge < -0.3 is 4.74 Å². The van der Waals surface area contributed by atoms with Gasteiger partial charge in [0.15, 0.2) is 0 Å². The highest BCUT2D eigenvalue weighted by molar-refractivity contribution is 7.91. The third-order valence-corrected chi connectivity index (χ3v) is 6.74. The first-order valence-electron chi connectivity index (χ1n) is 5.70. The van der Waals surface area contributed by atoms with Crippen molar-refractivity contribution in [2.24, 2.45) is 0 Å². The van der Waals surface area contributed by atoms with Crippen molar-refractivity contribution in [3.63, 3.8) is 0 Å². The van der Waals surface area contributed by atoms with Gasteiger partial charge in [0.1, 0.15) is 4.21 Å². The number of sulfonamides is 1. The normalized spacial score (nSPS) is 19.9. The summed E-state index contributed by atoms with van der Waals surface area (Å²) in [5.74, 6) is 0. The van der Waals surface area contributed by atoms with Gasteiger partial charge in [-0.25, -0.2) is 13.1 Å². The van der Waals surface area contributed by atoms with Crippen LogP contribution < -0.4 is 4.72 Å². The number of hydrogen-bond acceptors (Lipinski definition) is 4. The summed E-state index contributed by atoms with van der Waals surface area (Å²) in [6, 6.07) is 1.61. The van der Waals surface area contributed by atoms with Gasteiger partial charge >= 0.3 is 0 Å². The molecule has 2 rings (SSSR count). The van der Waals surface area contributed by atoms with Crippen molar-refractivity contribution in [3.8, 4) is 0 Å². The molecule has 1 aliphatic heterocycles. The van der Waals surface area contributed by atoms with Crippen LogP contribution in [0.5, 0.6) is 0 Å². The van der Waals surface area contributed by atoms with Gasteiger partial charge in [0.25, 0.3) is 10.0 Å². The Morgan fingerprint density at radius 3 is 2.56 bits per heavy atom. The van der Waals surface area contributed by atoms with Crippen LogP contribution in [0.2, 0.25) is 4.34 Å². The van der Waals surface area contributed by atoms with Crippen molar-refractivity contribution < 1.29 is 13.2 Å². The van der Waals surface area contributed by atoms with E-state index in [2.05, 4.69) is 4.72 Å². The van der Waals surface area contributed by atoms with Gasteiger partial charge in [0.05, 0.1) is 4.34 Å². The van der Waals surface area contributed by atoms with Gasteiger partial charge in [-0.15, -0.1) is 11.3 Å². The minimum Gasteiger partial charge on any atom is -0.381 e. The summed E-state index contributed by atoms with van der Waals surface area (Å²) in [5, 5.41) is 0. The largest absolute Gasteiger partial charge is 0.381 e. The highest BCUT2D eigenvalue weighted by Crippen LogP contribution is 2.31. The minimum absolute atomic E-state index is 0.276. The van der Waals surface area contributed by atoms with E-state index >= 15 is 0 Å². The maximum absolute atomic E-state index is 12.3. The van der Waals surface area contributed by atoms with E-state index in [0.29, 0.717) is 30.4 Å². The van der Waals surface area contributed by atoms with Crippen molar-refractivity contribution in [1.82, 2.24) is 4.72 Å². The van der Waals surface area contributed by atoms with Crippen molar-refractivity contribution in [2.75, 3.05) is 13.2 Å². The lowest BCUT2D eigenvalue weighted by Gasteiger charge is -2.33. The minimum atomic E-state index is -3.49. The monoisotopic (exact) mass is 309 g/mol. The Morgan fingerprint density at radius 1 is 1.44 bits per heavy atom. The van der Waals surface area contributed by atoms with Crippen LogP contribution >= 0.6 is 22.9 Å². The third kappa shape index (κ3) is 3.05. The molecule has 0 atom stereocenters. The molecule has 1 saturated heterocycles. The zero-order valence-electron chi connectivity index (χ0n) is 10.3. The standard InChI is InChI=1S/C11H16ClNO3S2/c1-8-7-9(17-10(8)12)18(14,15)13-11(2)3-5-16-6-4-11/h7,13H,3-6H2,1-2H3. The fourth-order valence-corrected chi connectivity index (χ4v) is 5.04. The number of halogens is 1. The fraction of sp³-hybridized carbons (Fsp3) is 0.636. The lowest BCUT2D eigenvalue weighted by molar-refractivity contribution is 0.0538. The number of rotatable bonds is 3. The molecule has 1 aromatic rings. The van der Waals surface area contributed by atoms with Crippen LogP contribution in [-0.4, -0.2) is 27.2 Å². The van der Waals surface area contributed by atoms with Gasteiger partial charge in [-0.2, -0.15) is 0 Å². The molecule has 0 amide bonds. The van der Waals surface area contributed by atoms with Crippen LogP contribution in [0, 0.1) is 6.92 Å². The third-order valence-electron chi connectivity index (χ3n) is 3.08. The second kappa shape index (κ2) is 5.09. The summed E-state index contributed by atoms with van der Waals surface area (Å²) in [6.07, 6.45) is 1.37. The molecule has 1 aliphatic rings. The Morgan fingerprint density at radius 2 is 2.06 bits per heavy atom. The quantitative estimate of drug-likeness (QED) is 0.933. The van der Waals surface area contributed by atoms with Crippen LogP contribution in [-0.2, 0) is 14.8 Å². The second-order valence-corrected chi connectivity index (χ2v) is 8.36. The summed E-state index contributed by atoms with van der Waals surface area (Å²) in [5.41, 5.74) is 0.362. The first-order valence-corrected chi connectivity index (χ1v) is 8.38. The zero-order chi connectivity index (χ0) is 13.4. The van der Waals surface area contributed by atoms with Crippen molar-refractivity contribution >= 4 is 33.0 Å². The van der Waals surface area contributed by atoms with Crippen molar-refractivity contribution in [2.45, 2.75) is 36.4 Å². The number of hydrogen-bond donors (Lipinski definition) is 1. The lowest BCUT2D eigenvalue weighted by atomic mass is 9.94. The van der Waals surface area contributed by atoms with E-state index in [-0.39, 0.29) is 4.21 Å². The van der Waals surface area contributed by atoms with Gasteiger partial charge in [-0.05, 0) is 38.3 Å². The average Bonchev–Trinajstić information content (AvgIpc) is 2.59. The van der Waals surface area contributed by atoms with E-state index in [1.807, 2.05) is 6.92 Å². The van der Waals surface area contributed by atoms with Crippen molar-refractivity contribution in [1.29, 1.82) is 0 Å². The van der Waals surface area contributed by atoms with Gasteiger partial charge in [0, 0.05) is 18.8 Å². The topological polar surface area (TPSA) is 55.4 Å². The Hall–Kier alpha value is -0.140. The number of ether oxygens (including phenoxy) is 1. The molecule has 1 aromatic heterocycles. The summed E-state index contributed by atoms with van der Waals surface area (Å²) in [4.78, 5) is 0. The van der Waals surface area contributed by atoms with E-state index in [9.17, 15) is 8.42 Å². The predicted octanol–water partition coefficient (Wildman–Crippen LogP) is 2.56. The van der Waals surface area contributed by atoms with E-state index in [1.54, 1.807) is 13.0 Å². The first kappa shape index (κ1) is 14.3. The Balaban J connectivity index is 2.21. The Bertz CT molecular complexity index is 513. The van der Waals surface area contributed by atoms with E-state index < -0.39 is 15.6 Å². The predicted molar refractivity (Wildman–Crippen MR) is 72.8 cm³/mol. The molecule has 4 nitrogen and oxygen atoms in total. The smallest absolute Gasteiger partial charge is 0.250 e. The summed E-state index contributed by atoms with van der Waals surface area (Å²) in [7, 11) is -3.49. The molecule has 0 spiro atoms. The van der Waals surface area contributed by atoms with Gasteiger partial charge in [-0.3, -0.25) is 0 Å². The molecule has 0 unspecified atom stereocenters. The van der Waals surface area contributed by atoms with Crippen molar-refractivity contribution in [3.05, 3.63) is 16.0 Å². The number of thiophene rings is 1. The molecule has 102 valence electrons. The van der Waals surface area contributed by atoms with Crippen LogP contribution in [0.4, 0.5) is 0 Å². The Labute approximate surface area is 116 Å².